The van der Waals surface area contributed by atoms with E-state index in [1.807, 2.05) is 0 Å². The minimum absolute atomic E-state index is 0.0809. The lowest BCUT2D eigenvalue weighted by atomic mass is 10.0. The van der Waals surface area contributed by atoms with Crippen molar-refractivity contribution in [2.45, 2.75) is 380 Å². The number of esters is 3. The van der Waals surface area contributed by atoms with E-state index in [0.29, 0.717) is 19.3 Å². The summed E-state index contributed by atoms with van der Waals surface area (Å²) in [6.45, 7) is 6.64. The van der Waals surface area contributed by atoms with Crippen LogP contribution in [0.15, 0.2) is 60.8 Å². The van der Waals surface area contributed by atoms with E-state index in [9.17, 15) is 14.4 Å². The molecule has 466 valence electrons. The highest BCUT2D eigenvalue weighted by Gasteiger charge is 2.19. The molecule has 1 unspecified atom stereocenters. The number of carbonyl (C=O) groups is 3. The quantitative estimate of drug-likeness (QED) is 0.0261. The van der Waals surface area contributed by atoms with Crippen LogP contribution in [0.5, 0.6) is 0 Å². The van der Waals surface area contributed by atoms with E-state index in [2.05, 4.69) is 81.5 Å². The van der Waals surface area contributed by atoms with E-state index >= 15 is 0 Å². The van der Waals surface area contributed by atoms with Gasteiger partial charge in [-0.05, 0) is 89.9 Å². The first-order valence-corrected chi connectivity index (χ1v) is 35.3. The average Bonchev–Trinajstić information content (AvgIpc) is 3.46. The standard InChI is InChI=1S/C74H134O6/c1-4-7-10-13-16-19-22-25-28-30-32-34-35-36-37-38-40-41-43-46-49-52-55-58-61-64-67-73(76)79-70-71(69-78-72(75)66-63-60-57-54-51-48-45-27-24-21-18-15-12-9-6-3)80-74(77)68-65-62-59-56-53-50-47-44-42-39-33-31-29-26-23-20-17-14-11-8-5-2/h18,21,23,26-27,31,33,42,44-45,71H,4-17,19-20,22,24-25,28-30,32,34-41,43,46-70H2,1-3H3/b21-18-,26-23-,33-31-,44-42-,45-27-. The van der Waals surface area contributed by atoms with Crippen molar-refractivity contribution in [1.29, 1.82) is 0 Å². The van der Waals surface area contributed by atoms with Crippen LogP contribution in [0.2, 0.25) is 0 Å². The molecule has 0 aromatic rings. The summed E-state index contributed by atoms with van der Waals surface area (Å²) in [6.07, 6.45) is 88.2. The van der Waals surface area contributed by atoms with E-state index < -0.39 is 6.10 Å². The van der Waals surface area contributed by atoms with Gasteiger partial charge in [0.2, 0.25) is 0 Å². The molecule has 1 atom stereocenters. The molecule has 0 heterocycles. The van der Waals surface area contributed by atoms with Crippen molar-refractivity contribution in [2.24, 2.45) is 0 Å². The molecule has 0 radical (unpaired) electrons. The number of carbonyl (C=O) groups excluding carboxylic acids is 3. The number of rotatable bonds is 65. The van der Waals surface area contributed by atoms with Crippen molar-refractivity contribution in [3.63, 3.8) is 0 Å². The third-order valence-electron chi connectivity index (χ3n) is 15.7. The number of hydrogen-bond donors (Lipinski definition) is 0. The number of ether oxygens (including phenoxy) is 3. The Kier molecular flexibility index (Phi) is 66.1. The van der Waals surface area contributed by atoms with E-state index in [1.54, 1.807) is 0 Å². The van der Waals surface area contributed by atoms with E-state index in [0.717, 1.165) is 103 Å². The first-order valence-electron chi connectivity index (χ1n) is 35.3. The third-order valence-corrected chi connectivity index (χ3v) is 15.7. The second-order valence-electron chi connectivity index (χ2n) is 23.8. The van der Waals surface area contributed by atoms with Crippen molar-refractivity contribution >= 4 is 17.9 Å². The normalized spacial score (nSPS) is 12.4. The van der Waals surface area contributed by atoms with Gasteiger partial charge in [0, 0.05) is 19.3 Å². The highest BCUT2D eigenvalue weighted by Crippen LogP contribution is 2.18. The van der Waals surface area contributed by atoms with E-state index in [-0.39, 0.29) is 31.1 Å². The second-order valence-corrected chi connectivity index (χ2v) is 23.8. The Morgan fingerprint density at radius 3 is 0.725 bits per heavy atom. The molecule has 0 aliphatic rings. The molecule has 6 heteroatoms. The zero-order chi connectivity index (χ0) is 57.8. The van der Waals surface area contributed by atoms with Crippen molar-refractivity contribution in [1.82, 2.24) is 0 Å². The molecule has 0 saturated carbocycles. The monoisotopic (exact) mass is 1120 g/mol. The molecular formula is C74H134O6. The van der Waals surface area contributed by atoms with Gasteiger partial charge in [-0.15, -0.1) is 0 Å². The molecule has 0 rings (SSSR count). The summed E-state index contributed by atoms with van der Waals surface area (Å²) in [5, 5.41) is 0. The zero-order valence-corrected chi connectivity index (χ0v) is 53.6. The van der Waals surface area contributed by atoms with Gasteiger partial charge in [-0.3, -0.25) is 14.4 Å². The molecule has 80 heavy (non-hydrogen) atoms. The smallest absolute Gasteiger partial charge is 0.306 e. The van der Waals surface area contributed by atoms with E-state index in [1.165, 1.54) is 231 Å². The van der Waals surface area contributed by atoms with E-state index in [4.69, 9.17) is 14.2 Å². The fourth-order valence-corrected chi connectivity index (χ4v) is 10.4. The predicted octanol–water partition coefficient (Wildman–Crippen LogP) is 24.3. The van der Waals surface area contributed by atoms with Crippen LogP contribution in [0.3, 0.4) is 0 Å². The predicted molar refractivity (Wildman–Crippen MR) is 348 cm³/mol. The fourth-order valence-electron chi connectivity index (χ4n) is 10.4. The van der Waals surface area contributed by atoms with Crippen LogP contribution >= 0.6 is 0 Å². The van der Waals surface area contributed by atoms with Gasteiger partial charge in [-0.25, -0.2) is 0 Å². The van der Waals surface area contributed by atoms with Crippen molar-refractivity contribution < 1.29 is 28.6 Å². The maximum absolute atomic E-state index is 12.9. The molecule has 0 aliphatic heterocycles. The van der Waals surface area contributed by atoms with Gasteiger partial charge in [-0.1, -0.05) is 326 Å². The van der Waals surface area contributed by atoms with Gasteiger partial charge in [-0.2, -0.15) is 0 Å². The van der Waals surface area contributed by atoms with Gasteiger partial charge < -0.3 is 14.2 Å². The maximum Gasteiger partial charge on any atom is 0.306 e. The highest BCUT2D eigenvalue weighted by atomic mass is 16.6. The van der Waals surface area contributed by atoms with Crippen LogP contribution in [0.1, 0.15) is 374 Å². The first-order chi connectivity index (χ1) is 39.5. The average molecular weight is 1120 g/mol. The molecular weight excluding hydrogens is 985 g/mol. The Bertz CT molecular complexity index is 1430. The van der Waals surface area contributed by atoms with Crippen molar-refractivity contribution in [3.8, 4) is 0 Å². The van der Waals surface area contributed by atoms with Crippen LogP contribution in [-0.4, -0.2) is 37.2 Å². The summed E-state index contributed by atoms with van der Waals surface area (Å²) >= 11 is 0. The van der Waals surface area contributed by atoms with Crippen LogP contribution in [0.25, 0.3) is 0 Å². The highest BCUT2D eigenvalue weighted by molar-refractivity contribution is 5.71. The summed E-state index contributed by atoms with van der Waals surface area (Å²) < 4.78 is 17.0. The number of hydrogen-bond acceptors (Lipinski definition) is 6. The van der Waals surface area contributed by atoms with Crippen molar-refractivity contribution in [2.75, 3.05) is 13.2 Å². The summed E-state index contributed by atoms with van der Waals surface area (Å²) in [7, 11) is 0. The third kappa shape index (κ3) is 65.9. The lowest BCUT2D eigenvalue weighted by Crippen LogP contribution is -2.30. The Hall–Kier alpha value is -2.89. The summed E-state index contributed by atoms with van der Waals surface area (Å²) in [4.78, 5) is 38.4. The SMILES string of the molecule is CCCCC/C=C\C/C=C\CCCCCCCC(=O)OCC(COC(=O)CCCCCCCCCCCCCCCCCCCCCCCCCCCC)OC(=O)CCCCCCCC/C=C\C/C=C\C/C=C\CCCCCCC. The van der Waals surface area contributed by atoms with Gasteiger partial charge >= 0.3 is 17.9 Å². The first kappa shape index (κ1) is 77.1. The van der Waals surface area contributed by atoms with Crippen LogP contribution in [0.4, 0.5) is 0 Å². The summed E-state index contributed by atoms with van der Waals surface area (Å²) in [5.74, 6) is -0.886. The molecule has 0 N–H and O–H groups in total. The lowest BCUT2D eigenvalue weighted by Gasteiger charge is -2.18. The summed E-state index contributed by atoms with van der Waals surface area (Å²) in [6, 6.07) is 0. The van der Waals surface area contributed by atoms with Gasteiger partial charge in [0.15, 0.2) is 6.10 Å². The molecule has 0 fully saturated rings. The summed E-state index contributed by atoms with van der Waals surface area (Å²) in [5.41, 5.74) is 0. The lowest BCUT2D eigenvalue weighted by molar-refractivity contribution is -0.167. The molecule has 0 bridgehead atoms. The topological polar surface area (TPSA) is 78.9 Å². The fraction of sp³-hybridized carbons (Fsp3) is 0.824. The Morgan fingerprint density at radius 2 is 0.450 bits per heavy atom. The number of unbranched alkanes of at least 4 members (excludes halogenated alkanes) is 44. The molecule has 0 aromatic heterocycles. The minimum atomic E-state index is -0.788. The minimum Gasteiger partial charge on any atom is -0.462 e. The maximum atomic E-state index is 12.9. The molecule has 0 amide bonds. The Labute approximate surface area is 498 Å². The van der Waals surface area contributed by atoms with Gasteiger partial charge in [0.05, 0.1) is 0 Å². The van der Waals surface area contributed by atoms with Crippen molar-refractivity contribution in [3.05, 3.63) is 60.8 Å². The van der Waals surface area contributed by atoms with Gasteiger partial charge in [0.1, 0.15) is 13.2 Å². The number of allylic oxidation sites excluding steroid dienone is 10. The molecule has 0 aliphatic carbocycles. The van der Waals surface area contributed by atoms with Crippen LogP contribution in [-0.2, 0) is 28.6 Å². The molecule has 6 nitrogen and oxygen atoms in total. The second kappa shape index (κ2) is 68.6. The Balaban J connectivity index is 4.30. The molecule has 0 saturated heterocycles. The van der Waals surface area contributed by atoms with Gasteiger partial charge in [0.25, 0.3) is 0 Å². The molecule has 0 aromatic carbocycles. The largest absolute Gasteiger partial charge is 0.462 e. The zero-order valence-electron chi connectivity index (χ0n) is 53.6. The van der Waals surface area contributed by atoms with Crippen LogP contribution in [0, 0.1) is 0 Å². The van der Waals surface area contributed by atoms with Crippen LogP contribution < -0.4 is 0 Å². The Morgan fingerprint density at radius 1 is 0.250 bits per heavy atom. The molecule has 0 spiro atoms.